The molecule has 4 nitrogen and oxygen atoms in total. The highest BCUT2D eigenvalue weighted by Crippen LogP contribution is 2.22. The number of aliphatic hydroxyl groups excluding tert-OH is 2. The van der Waals surface area contributed by atoms with Crippen molar-refractivity contribution >= 4 is 0 Å². The number of rotatable bonds is 2. The predicted molar refractivity (Wildman–Crippen MR) is 68.3 cm³/mol. The van der Waals surface area contributed by atoms with Crippen molar-refractivity contribution in [3.05, 3.63) is 60.2 Å². The Kier molecular flexibility index (Phi) is 5.70. The topological polar surface area (TPSA) is 80.9 Å². The minimum absolute atomic E-state index is 0.00838. The van der Waals surface area contributed by atoms with Crippen LogP contribution in [0, 0.1) is 0 Å². The summed E-state index contributed by atoms with van der Waals surface area (Å²) in [6, 6.07) is 15.1. The number of hydrogen-bond acceptors (Lipinski definition) is 4. The molecule has 0 heterocycles. The molecule has 0 radical (unpaired) electrons. The molecule has 0 spiro atoms. The molecule has 0 bridgehead atoms. The third-order valence-corrected chi connectivity index (χ3v) is 2.22. The molecule has 4 N–H and O–H groups in total. The molecule has 96 valence electrons. The van der Waals surface area contributed by atoms with Gasteiger partial charge in [-0.3, -0.25) is 0 Å². The molecule has 0 saturated carbocycles. The van der Waals surface area contributed by atoms with E-state index in [2.05, 4.69) is 0 Å². The van der Waals surface area contributed by atoms with E-state index in [4.69, 9.17) is 20.4 Å². The highest BCUT2D eigenvalue weighted by atomic mass is 16.3. The van der Waals surface area contributed by atoms with Crippen LogP contribution in [0.5, 0.6) is 11.5 Å². The van der Waals surface area contributed by atoms with Crippen LogP contribution in [0.3, 0.4) is 0 Å². The first-order chi connectivity index (χ1) is 8.65. The zero-order valence-corrected chi connectivity index (χ0v) is 9.77. The quantitative estimate of drug-likeness (QED) is 0.653. The fourth-order valence-corrected chi connectivity index (χ4v) is 1.30. The van der Waals surface area contributed by atoms with Crippen LogP contribution in [-0.2, 0) is 0 Å². The lowest BCUT2D eigenvalue weighted by Crippen LogP contribution is -2.01. The summed E-state index contributed by atoms with van der Waals surface area (Å²) in [4.78, 5) is 0. The normalized spacial score (nSPS) is 11.2. The molecular formula is C14H16O4. The molecule has 0 aliphatic carbocycles. The number of aliphatic hydroxyl groups is 2. The van der Waals surface area contributed by atoms with Crippen LogP contribution in [0.2, 0.25) is 0 Å². The molecule has 0 fully saturated rings. The molecule has 0 saturated heterocycles. The van der Waals surface area contributed by atoms with Gasteiger partial charge in [-0.25, -0.2) is 0 Å². The highest BCUT2D eigenvalue weighted by Gasteiger charge is 2.08. The van der Waals surface area contributed by atoms with Crippen LogP contribution in [0.15, 0.2) is 54.6 Å². The summed E-state index contributed by atoms with van der Waals surface area (Å²) in [6.45, 7) is -0.377. The second-order valence-electron chi connectivity index (χ2n) is 3.59. The van der Waals surface area contributed by atoms with Crippen LogP contribution >= 0.6 is 0 Å². The van der Waals surface area contributed by atoms with E-state index in [1.807, 2.05) is 6.07 Å². The molecule has 0 aliphatic heterocycles. The molecule has 0 amide bonds. The smallest absolute Gasteiger partial charge is 0.121 e. The van der Waals surface area contributed by atoms with Crippen LogP contribution < -0.4 is 0 Å². The summed E-state index contributed by atoms with van der Waals surface area (Å²) in [6.07, 6.45) is -0.990. The highest BCUT2D eigenvalue weighted by molar-refractivity contribution is 5.33. The van der Waals surface area contributed by atoms with Gasteiger partial charge in [0.25, 0.3) is 0 Å². The number of phenolic OH excluding ortho intramolecular Hbond substituents is 2. The van der Waals surface area contributed by atoms with Gasteiger partial charge in [-0.1, -0.05) is 36.4 Å². The minimum atomic E-state index is -0.990. The number of hydrogen-bond donors (Lipinski definition) is 4. The van der Waals surface area contributed by atoms with E-state index in [1.54, 1.807) is 42.5 Å². The molecule has 1 atom stereocenters. The van der Waals surface area contributed by atoms with Crippen LogP contribution in [-0.4, -0.2) is 27.0 Å². The summed E-state index contributed by atoms with van der Waals surface area (Å²) in [7, 11) is 0. The van der Waals surface area contributed by atoms with E-state index in [-0.39, 0.29) is 12.4 Å². The van der Waals surface area contributed by atoms with Crippen LogP contribution in [0.1, 0.15) is 11.7 Å². The predicted octanol–water partition coefficient (Wildman–Crippen LogP) is 1.81. The first-order valence-electron chi connectivity index (χ1n) is 5.46. The summed E-state index contributed by atoms with van der Waals surface area (Å²) in [5.41, 5.74) is 0.356. The van der Waals surface area contributed by atoms with Gasteiger partial charge in [0.1, 0.15) is 17.6 Å². The van der Waals surface area contributed by atoms with E-state index >= 15 is 0 Å². The van der Waals surface area contributed by atoms with Crippen molar-refractivity contribution in [2.24, 2.45) is 0 Å². The Labute approximate surface area is 105 Å². The maximum absolute atomic E-state index is 9.14. The molecule has 2 aromatic rings. The molecule has 2 rings (SSSR count). The molecule has 18 heavy (non-hydrogen) atoms. The number of para-hydroxylation sites is 2. The molecular weight excluding hydrogens is 232 g/mol. The summed E-state index contributed by atoms with van der Waals surface area (Å²) in [5.74, 6) is 0.330. The van der Waals surface area contributed by atoms with Crippen molar-refractivity contribution in [3.63, 3.8) is 0 Å². The number of benzene rings is 2. The van der Waals surface area contributed by atoms with Gasteiger partial charge in [-0.15, -0.1) is 0 Å². The van der Waals surface area contributed by atoms with Crippen molar-refractivity contribution in [2.75, 3.05) is 6.61 Å². The Morgan fingerprint density at radius 1 is 0.833 bits per heavy atom. The van der Waals surface area contributed by atoms with E-state index in [0.717, 1.165) is 0 Å². The number of aromatic hydroxyl groups is 2. The van der Waals surface area contributed by atoms with E-state index in [1.165, 1.54) is 6.07 Å². The van der Waals surface area contributed by atoms with E-state index < -0.39 is 6.10 Å². The second-order valence-corrected chi connectivity index (χ2v) is 3.59. The lowest BCUT2D eigenvalue weighted by Gasteiger charge is -2.08. The van der Waals surface area contributed by atoms with Crippen molar-refractivity contribution in [1.82, 2.24) is 0 Å². The SMILES string of the molecule is OC[C@@H](O)c1ccccc1O.Oc1ccccc1. The third-order valence-electron chi connectivity index (χ3n) is 2.22. The second kappa shape index (κ2) is 7.32. The average Bonchev–Trinajstić information content (AvgIpc) is 2.40. The Morgan fingerprint density at radius 3 is 1.83 bits per heavy atom. The van der Waals surface area contributed by atoms with Gasteiger partial charge in [-0.05, 0) is 18.2 Å². The minimum Gasteiger partial charge on any atom is -0.508 e. The Balaban J connectivity index is 0.000000199. The molecule has 4 heteroatoms. The van der Waals surface area contributed by atoms with E-state index in [0.29, 0.717) is 11.3 Å². The summed E-state index contributed by atoms with van der Waals surface area (Å²) < 4.78 is 0. The maximum Gasteiger partial charge on any atom is 0.121 e. The van der Waals surface area contributed by atoms with Crippen molar-refractivity contribution in [1.29, 1.82) is 0 Å². The molecule has 0 unspecified atom stereocenters. The zero-order valence-electron chi connectivity index (χ0n) is 9.77. The lowest BCUT2D eigenvalue weighted by atomic mass is 10.1. The fraction of sp³-hybridized carbons (Fsp3) is 0.143. The zero-order chi connectivity index (χ0) is 13.4. The largest absolute Gasteiger partial charge is 0.508 e. The summed E-state index contributed by atoms with van der Waals surface area (Å²) in [5, 5.41) is 35.4. The average molecular weight is 248 g/mol. The van der Waals surface area contributed by atoms with Gasteiger partial charge < -0.3 is 20.4 Å². The maximum atomic E-state index is 9.14. The Bertz CT molecular complexity index is 456. The Hall–Kier alpha value is -2.04. The first-order valence-corrected chi connectivity index (χ1v) is 5.46. The fourth-order valence-electron chi connectivity index (χ4n) is 1.30. The van der Waals surface area contributed by atoms with Gasteiger partial charge >= 0.3 is 0 Å². The van der Waals surface area contributed by atoms with Crippen LogP contribution in [0.4, 0.5) is 0 Å². The summed E-state index contributed by atoms with van der Waals surface area (Å²) >= 11 is 0. The standard InChI is InChI=1S/C8H10O3.C6H6O/c9-5-8(11)6-3-1-2-4-7(6)10;7-6-4-2-1-3-5-6/h1-4,8-11H,5H2;1-5,7H/t8-;/m1./s1. The van der Waals surface area contributed by atoms with Gasteiger partial charge in [0.05, 0.1) is 6.61 Å². The third kappa shape index (κ3) is 4.45. The van der Waals surface area contributed by atoms with Gasteiger partial charge in [0.15, 0.2) is 0 Å². The van der Waals surface area contributed by atoms with Crippen molar-refractivity contribution < 1.29 is 20.4 Å². The molecule has 2 aromatic carbocycles. The first kappa shape index (κ1) is 14.0. The lowest BCUT2D eigenvalue weighted by molar-refractivity contribution is 0.0935. The van der Waals surface area contributed by atoms with Gasteiger partial charge in [0, 0.05) is 5.56 Å². The van der Waals surface area contributed by atoms with E-state index in [9.17, 15) is 0 Å². The number of phenols is 2. The van der Waals surface area contributed by atoms with Gasteiger partial charge in [-0.2, -0.15) is 0 Å². The van der Waals surface area contributed by atoms with Crippen molar-refractivity contribution in [2.45, 2.75) is 6.10 Å². The Morgan fingerprint density at radius 2 is 1.39 bits per heavy atom. The monoisotopic (exact) mass is 248 g/mol. The van der Waals surface area contributed by atoms with Crippen molar-refractivity contribution in [3.8, 4) is 11.5 Å². The van der Waals surface area contributed by atoms with Crippen LogP contribution in [0.25, 0.3) is 0 Å². The molecule has 0 aliphatic rings. The molecule has 0 aromatic heterocycles. The van der Waals surface area contributed by atoms with Gasteiger partial charge in [0.2, 0.25) is 0 Å².